The van der Waals surface area contributed by atoms with Crippen LogP contribution in [0.5, 0.6) is 5.88 Å². The molecule has 0 aromatic carbocycles. The maximum Gasteiger partial charge on any atom is 0.345 e. The van der Waals surface area contributed by atoms with Gasteiger partial charge in [-0.1, -0.05) is 9.98 Å². The topological polar surface area (TPSA) is 90.2 Å². The molecule has 0 saturated carbocycles. The number of carbonyl (C=O) groups is 1. The molecule has 0 atom stereocenters. The standard InChI is InChI=1S/C9H11N5O2/c1-3-16-8-6-7(11-4-10-6)13-9(14-8)12-5(2)15/h4,10H,3H2,1-2H3,(H,12,13,14,15)/q+1. The molecule has 7 nitrogen and oxygen atoms in total. The zero-order valence-electron chi connectivity index (χ0n) is 8.94. The summed E-state index contributed by atoms with van der Waals surface area (Å²) in [5, 5.41) is 5.37. The number of carbonyl (C=O) groups excluding carboxylic acids is 1. The normalized spacial score (nSPS) is 11.9. The summed E-state index contributed by atoms with van der Waals surface area (Å²) in [6.07, 6.45) is 1.50. The Morgan fingerprint density at radius 3 is 3.12 bits per heavy atom. The van der Waals surface area contributed by atoms with Gasteiger partial charge in [0, 0.05) is 6.92 Å². The zero-order valence-corrected chi connectivity index (χ0v) is 8.94. The molecule has 1 aliphatic heterocycles. The predicted molar refractivity (Wildman–Crippen MR) is 59.0 cm³/mol. The van der Waals surface area contributed by atoms with Crippen molar-refractivity contribution in [3.8, 4) is 5.88 Å². The van der Waals surface area contributed by atoms with E-state index in [0.717, 1.165) is 0 Å². The predicted octanol–water partition coefficient (Wildman–Crippen LogP) is 0.255. The number of aliphatic imine (C=N–C) groups is 1. The molecule has 0 aliphatic carbocycles. The largest absolute Gasteiger partial charge is 0.475 e. The van der Waals surface area contributed by atoms with E-state index in [9.17, 15) is 4.79 Å². The van der Waals surface area contributed by atoms with E-state index in [1.54, 1.807) is 0 Å². The molecule has 0 saturated heterocycles. The fourth-order valence-electron chi connectivity index (χ4n) is 1.26. The summed E-state index contributed by atoms with van der Waals surface area (Å²) in [7, 11) is 0. The number of rotatable bonds is 3. The van der Waals surface area contributed by atoms with Crippen LogP contribution in [0.4, 0.5) is 17.5 Å². The molecule has 2 rings (SSSR count). The number of nitrogens with zero attached hydrogens (tertiary/aromatic N) is 3. The molecular formula is C9H11N5O2+. The van der Waals surface area contributed by atoms with E-state index in [1.165, 1.54) is 13.3 Å². The Bertz CT molecular complexity index is 457. The SMILES string of the molecule is CCOc1nc(NC(C)=O)nc2c1NC=[N+]2. The third kappa shape index (κ3) is 1.92. The summed E-state index contributed by atoms with van der Waals surface area (Å²) >= 11 is 0. The number of nitrogens with one attached hydrogen (secondary N) is 2. The molecule has 0 bridgehead atoms. The van der Waals surface area contributed by atoms with Gasteiger partial charge in [-0.25, -0.2) is 0 Å². The molecule has 2 N–H and O–H groups in total. The number of aromatic nitrogens is 2. The lowest BCUT2D eigenvalue weighted by atomic mass is 10.4. The highest BCUT2D eigenvalue weighted by atomic mass is 16.5. The first-order valence-corrected chi connectivity index (χ1v) is 4.82. The smallest absolute Gasteiger partial charge is 0.345 e. The van der Waals surface area contributed by atoms with Crippen molar-refractivity contribution in [3.63, 3.8) is 0 Å². The van der Waals surface area contributed by atoms with Gasteiger partial charge in [0.1, 0.15) is 0 Å². The Labute approximate surface area is 92.0 Å². The minimum atomic E-state index is -0.239. The first-order chi connectivity index (χ1) is 7.70. The number of hydrogen-bond donors (Lipinski definition) is 2. The molecule has 0 unspecified atom stereocenters. The fourth-order valence-corrected chi connectivity index (χ4v) is 1.26. The van der Waals surface area contributed by atoms with Gasteiger partial charge in [0.05, 0.1) is 6.61 Å². The third-order valence-corrected chi connectivity index (χ3v) is 1.82. The number of ether oxygens (including phenoxy) is 1. The molecule has 2 heterocycles. The van der Waals surface area contributed by atoms with Gasteiger partial charge >= 0.3 is 11.8 Å². The highest BCUT2D eigenvalue weighted by molar-refractivity contribution is 5.92. The minimum Gasteiger partial charge on any atom is -0.475 e. The van der Waals surface area contributed by atoms with E-state index in [1.807, 2.05) is 6.92 Å². The molecule has 1 radical (unpaired) electrons. The molecular weight excluding hydrogens is 210 g/mol. The fraction of sp³-hybridized carbons (Fsp3) is 0.333. The molecule has 83 valence electrons. The van der Waals surface area contributed by atoms with Crippen molar-refractivity contribution in [3.05, 3.63) is 0 Å². The lowest BCUT2D eigenvalue weighted by Crippen LogP contribution is -2.11. The Balaban J connectivity index is 2.37. The van der Waals surface area contributed by atoms with Gasteiger partial charge in [0.2, 0.25) is 17.9 Å². The molecule has 1 aliphatic rings. The van der Waals surface area contributed by atoms with Crippen LogP contribution in [0, 0.1) is 0 Å². The number of hydrogen-bond acceptors (Lipinski definition) is 6. The molecule has 0 fully saturated rings. The zero-order chi connectivity index (χ0) is 11.5. The van der Waals surface area contributed by atoms with Crippen LogP contribution in [0.15, 0.2) is 0 Å². The van der Waals surface area contributed by atoms with Crippen molar-refractivity contribution in [2.24, 2.45) is 0 Å². The summed E-state index contributed by atoms with van der Waals surface area (Å²) in [5.74, 6) is 0.795. The first kappa shape index (κ1) is 10.3. The summed E-state index contributed by atoms with van der Waals surface area (Å²) in [6, 6.07) is 0. The Hall–Kier alpha value is -2.18. The first-order valence-electron chi connectivity index (χ1n) is 4.82. The minimum absolute atomic E-state index is 0.190. The van der Waals surface area contributed by atoms with Gasteiger partial charge in [0.25, 0.3) is 5.88 Å². The molecule has 1 aromatic heterocycles. The lowest BCUT2D eigenvalue weighted by molar-refractivity contribution is -0.114. The number of amides is 1. The van der Waals surface area contributed by atoms with Gasteiger partial charge in [-0.3, -0.25) is 15.4 Å². The Morgan fingerprint density at radius 1 is 1.62 bits per heavy atom. The van der Waals surface area contributed by atoms with Crippen LogP contribution in [0.2, 0.25) is 0 Å². The Morgan fingerprint density at radius 2 is 2.44 bits per heavy atom. The van der Waals surface area contributed by atoms with Crippen LogP contribution >= 0.6 is 0 Å². The van der Waals surface area contributed by atoms with Crippen molar-refractivity contribution in [1.29, 1.82) is 0 Å². The Kier molecular flexibility index (Phi) is 2.67. The van der Waals surface area contributed by atoms with Gasteiger partial charge in [0.15, 0.2) is 0 Å². The van der Waals surface area contributed by atoms with Crippen LogP contribution in [0.3, 0.4) is 0 Å². The van der Waals surface area contributed by atoms with Crippen LogP contribution in [0.1, 0.15) is 13.8 Å². The molecule has 1 amide bonds. The summed E-state index contributed by atoms with van der Waals surface area (Å²) < 4.78 is 5.33. The molecule has 7 heteroatoms. The second kappa shape index (κ2) is 4.13. The van der Waals surface area contributed by atoms with Crippen molar-refractivity contribution < 1.29 is 9.53 Å². The monoisotopic (exact) mass is 221 g/mol. The van der Waals surface area contributed by atoms with E-state index in [4.69, 9.17) is 4.74 Å². The quantitative estimate of drug-likeness (QED) is 0.763. The van der Waals surface area contributed by atoms with Crippen molar-refractivity contribution in [2.45, 2.75) is 13.8 Å². The highest BCUT2D eigenvalue weighted by Gasteiger charge is 2.26. The second-order valence-corrected chi connectivity index (χ2v) is 3.07. The van der Waals surface area contributed by atoms with Gasteiger partial charge in [-0.15, -0.1) is 0 Å². The summed E-state index contributed by atoms with van der Waals surface area (Å²) in [4.78, 5) is 23.0. The maximum absolute atomic E-state index is 10.9. The van der Waals surface area contributed by atoms with Crippen LogP contribution < -0.4 is 20.4 Å². The molecule has 16 heavy (non-hydrogen) atoms. The molecule has 0 spiro atoms. The number of anilines is 2. The highest BCUT2D eigenvalue weighted by Crippen LogP contribution is 2.31. The second-order valence-electron chi connectivity index (χ2n) is 3.07. The van der Waals surface area contributed by atoms with E-state index in [2.05, 4.69) is 25.6 Å². The van der Waals surface area contributed by atoms with Crippen molar-refractivity contribution in [2.75, 3.05) is 17.2 Å². The van der Waals surface area contributed by atoms with Crippen molar-refractivity contribution in [1.82, 2.24) is 15.0 Å². The van der Waals surface area contributed by atoms with Crippen LogP contribution in [-0.2, 0) is 4.79 Å². The van der Waals surface area contributed by atoms with Crippen molar-refractivity contribution >= 4 is 29.7 Å². The van der Waals surface area contributed by atoms with E-state index < -0.39 is 0 Å². The van der Waals surface area contributed by atoms with Gasteiger partial charge in [-0.2, -0.15) is 4.98 Å². The maximum atomic E-state index is 10.9. The van der Waals surface area contributed by atoms with E-state index in [-0.39, 0.29) is 11.9 Å². The average Bonchev–Trinajstić information content (AvgIpc) is 2.65. The summed E-state index contributed by atoms with van der Waals surface area (Å²) in [6.45, 7) is 3.71. The third-order valence-electron chi connectivity index (χ3n) is 1.82. The van der Waals surface area contributed by atoms with Gasteiger partial charge in [-0.05, 0) is 6.92 Å². The summed E-state index contributed by atoms with van der Waals surface area (Å²) in [5.41, 5.74) is 0.621. The van der Waals surface area contributed by atoms with E-state index >= 15 is 0 Å². The van der Waals surface area contributed by atoms with Crippen LogP contribution in [-0.4, -0.2) is 28.8 Å². The van der Waals surface area contributed by atoms with Gasteiger partial charge < -0.3 is 4.74 Å². The van der Waals surface area contributed by atoms with Crippen LogP contribution in [0.25, 0.3) is 0 Å². The average molecular weight is 221 g/mol. The molecule has 1 aromatic rings. The lowest BCUT2D eigenvalue weighted by Gasteiger charge is -2.04. The number of fused-ring (bicyclic) bond motifs is 1. The van der Waals surface area contributed by atoms with E-state index in [0.29, 0.717) is 24.0 Å².